The maximum absolute atomic E-state index is 13.9. The van der Waals surface area contributed by atoms with E-state index in [1.165, 1.54) is 7.11 Å². The van der Waals surface area contributed by atoms with E-state index in [4.69, 9.17) is 9.47 Å². The quantitative estimate of drug-likeness (QED) is 0.0606. The summed E-state index contributed by atoms with van der Waals surface area (Å²) in [5.41, 5.74) is 7.70. The van der Waals surface area contributed by atoms with E-state index in [1.54, 1.807) is 11.8 Å². The molecule has 0 saturated heterocycles. The third-order valence-electron chi connectivity index (χ3n) is 9.54. The zero-order valence-corrected chi connectivity index (χ0v) is 30.1. The molecule has 0 bridgehead atoms. The Morgan fingerprint density at radius 2 is 1.17 bits per heavy atom. The third-order valence-corrected chi connectivity index (χ3v) is 11.2. The Labute approximate surface area is 310 Å². The molecule has 1 atom stereocenters. The predicted molar refractivity (Wildman–Crippen MR) is 207 cm³/mol. The van der Waals surface area contributed by atoms with Gasteiger partial charge >= 0.3 is 12.1 Å². The van der Waals surface area contributed by atoms with E-state index in [9.17, 15) is 14.4 Å². The molecule has 1 aliphatic rings. The molecule has 0 radical (unpaired) electrons. The molecule has 52 heavy (non-hydrogen) atoms. The first-order valence-electron chi connectivity index (χ1n) is 17.8. The summed E-state index contributed by atoms with van der Waals surface area (Å²) >= 11 is 1.60. The molecular formula is C44H44N2O5S. The van der Waals surface area contributed by atoms with Gasteiger partial charge in [-0.15, -0.1) is 11.8 Å². The van der Waals surface area contributed by atoms with Crippen molar-refractivity contribution in [2.45, 2.75) is 42.4 Å². The average Bonchev–Trinajstić information content (AvgIpc) is 3.52. The number of amides is 2. The molecule has 1 aliphatic carbocycles. The molecule has 0 aromatic heterocycles. The second-order valence-corrected chi connectivity index (χ2v) is 14.0. The number of fused-ring (bicyclic) bond motifs is 3. The summed E-state index contributed by atoms with van der Waals surface area (Å²) in [7, 11) is 1.38. The highest BCUT2D eigenvalue weighted by atomic mass is 32.2. The fourth-order valence-electron chi connectivity index (χ4n) is 6.95. The van der Waals surface area contributed by atoms with Crippen LogP contribution < -0.4 is 10.6 Å². The number of hydrogen-bond donors (Lipinski definition) is 2. The van der Waals surface area contributed by atoms with Crippen LogP contribution in [0.25, 0.3) is 11.1 Å². The molecule has 5 aromatic rings. The summed E-state index contributed by atoms with van der Waals surface area (Å²) in [6.07, 6.45) is 1.81. The van der Waals surface area contributed by atoms with Crippen molar-refractivity contribution in [2.75, 3.05) is 26.0 Å². The van der Waals surface area contributed by atoms with E-state index >= 15 is 0 Å². The SMILES string of the molecule is COC(=O)CCCCCNC(=O)C(CSC(c1ccccc1)(c1ccccc1)c1ccccc1)NC(=O)OCC1c2ccccc2-c2ccccc21. The van der Waals surface area contributed by atoms with Crippen LogP contribution in [0.1, 0.15) is 59.4 Å². The van der Waals surface area contributed by atoms with Crippen LogP contribution >= 0.6 is 11.8 Å². The van der Waals surface area contributed by atoms with Gasteiger partial charge in [-0.1, -0.05) is 146 Å². The fraction of sp³-hybridized carbons (Fsp3) is 0.250. The van der Waals surface area contributed by atoms with Gasteiger partial charge in [0.15, 0.2) is 0 Å². The molecular weight excluding hydrogens is 669 g/mol. The predicted octanol–water partition coefficient (Wildman–Crippen LogP) is 8.47. The number of hydrogen-bond acceptors (Lipinski definition) is 6. The topological polar surface area (TPSA) is 93.7 Å². The van der Waals surface area contributed by atoms with E-state index in [0.29, 0.717) is 25.8 Å². The lowest BCUT2D eigenvalue weighted by molar-refractivity contribution is -0.140. The Bertz CT molecular complexity index is 1790. The minimum absolute atomic E-state index is 0.105. The first-order valence-corrected chi connectivity index (χ1v) is 18.8. The number of methoxy groups -OCH3 is 1. The van der Waals surface area contributed by atoms with E-state index in [1.807, 2.05) is 78.9 Å². The molecule has 2 N–H and O–H groups in total. The van der Waals surface area contributed by atoms with Crippen molar-refractivity contribution in [1.29, 1.82) is 0 Å². The number of nitrogens with one attached hydrogen (secondary N) is 2. The number of carbonyl (C=O) groups excluding carboxylic acids is 3. The number of carbonyl (C=O) groups is 3. The van der Waals surface area contributed by atoms with Crippen LogP contribution in [0.4, 0.5) is 4.79 Å². The number of alkyl carbamates (subject to hydrolysis) is 1. The molecule has 0 fully saturated rings. The van der Waals surface area contributed by atoms with Crippen LogP contribution in [0.2, 0.25) is 0 Å². The standard InChI is InChI=1S/C44H44N2O5S/c1-50-41(47)28-12-5-17-29-45-42(48)40(46-43(49)51-30-39-37-26-15-13-24-35(37)36-25-14-16-27-38(36)39)31-52-44(32-18-6-2-7-19-32,33-20-8-3-9-21-33)34-22-10-4-11-23-34/h2-4,6-11,13-16,18-27,39-40H,5,12,17,28-31H2,1H3,(H,45,48)(H,46,49). The summed E-state index contributed by atoms with van der Waals surface area (Å²) in [5, 5.41) is 5.97. The average molecular weight is 713 g/mol. The normalized spacial score (nSPS) is 12.6. The molecule has 7 nitrogen and oxygen atoms in total. The number of benzene rings is 5. The van der Waals surface area contributed by atoms with Crippen molar-refractivity contribution in [1.82, 2.24) is 10.6 Å². The molecule has 2 amide bonds. The van der Waals surface area contributed by atoms with Crippen LogP contribution in [0, 0.1) is 0 Å². The minimum atomic E-state index is -0.897. The second-order valence-electron chi connectivity index (χ2n) is 12.8. The molecule has 266 valence electrons. The molecule has 5 aromatic carbocycles. The highest BCUT2D eigenvalue weighted by Crippen LogP contribution is 2.49. The van der Waals surface area contributed by atoms with Gasteiger partial charge in [-0.25, -0.2) is 4.79 Å². The zero-order valence-electron chi connectivity index (χ0n) is 29.3. The Kier molecular flexibility index (Phi) is 12.4. The van der Waals surface area contributed by atoms with Gasteiger partial charge in [0.05, 0.1) is 11.9 Å². The second kappa shape index (κ2) is 17.7. The molecule has 0 aliphatic heterocycles. The van der Waals surface area contributed by atoms with Crippen LogP contribution in [0.15, 0.2) is 140 Å². The lowest BCUT2D eigenvalue weighted by atomic mass is 9.84. The van der Waals surface area contributed by atoms with Gasteiger partial charge in [0.1, 0.15) is 12.6 Å². The third kappa shape index (κ3) is 8.40. The Morgan fingerprint density at radius 3 is 1.69 bits per heavy atom. The number of unbranched alkanes of at least 4 members (excludes halogenated alkanes) is 2. The Morgan fingerprint density at radius 1 is 0.673 bits per heavy atom. The van der Waals surface area contributed by atoms with E-state index in [0.717, 1.165) is 45.4 Å². The summed E-state index contributed by atoms with van der Waals surface area (Å²) in [4.78, 5) is 39.0. The number of esters is 1. The largest absolute Gasteiger partial charge is 0.469 e. The highest BCUT2D eigenvalue weighted by molar-refractivity contribution is 8.00. The minimum Gasteiger partial charge on any atom is -0.469 e. The van der Waals surface area contributed by atoms with Crippen LogP contribution in [-0.4, -0.2) is 50.0 Å². The van der Waals surface area contributed by atoms with Crippen molar-refractivity contribution in [2.24, 2.45) is 0 Å². The van der Waals surface area contributed by atoms with Gasteiger partial charge in [-0.2, -0.15) is 0 Å². The van der Waals surface area contributed by atoms with Crippen molar-refractivity contribution >= 4 is 29.7 Å². The van der Waals surface area contributed by atoms with Crippen molar-refractivity contribution in [3.8, 4) is 11.1 Å². The van der Waals surface area contributed by atoms with Gasteiger partial charge in [0, 0.05) is 24.6 Å². The fourth-order valence-corrected chi connectivity index (χ4v) is 8.51. The van der Waals surface area contributed by atoms with Crippen molar-refractivity contribution < 1.29 is 23.9 Å². The number of ether oxygens (including phenoxy) is 2. The molecule has 0 spiro atoms. The van der Waals surface area contributed by atoms with E-state index in [2.05, 4.69) is 71.3 Å². The lowest BCUT2D eigenvalue weighted by Crippen LogP contribution is -2.49. The first-order chi connectivity index (χ1) is 25.5. The van der Waals surface area contributed by atoms with Gasteiger partial charge in [0.2, 0.25) is 5.91 Å². The number of thioether (sulfide) groups is 1. The molecule has 8 heteroatoms. The van der Waals surface area contributed by atoms with E-state index < -0.39 is 16.9 Å². The summed E-state index contributed by atoms with van der Waals surface area (Å²) < 4.78 is 9.97. The van der Waals surface area contributed by atoms with Crippen LogP contribution in [0.5, 0.6) is 0 Å². The van der Waals surface area contributed by atoms with Gasteiger partial charge in [-0.3, -0.25) is 9.59 Å². The monoisotopic (exact) mass is 712 g/mol. The zero-order chi connectivity index (χ0) is 36.2. The summed E-state index contributed by atoms with van der Waals surface area (Å²) in [6.45, 7) is 0.554. The summed E-state index contributed by atoms with van der Waals surface area (Å²) in [5.74, 6) is -0.382. The van der Waals surface area contributed by atoms with Gasteiger partial charge < -0.3 is 20.1 Å². The molecule has 0 heterocycles. The first kappa shape index (κ1) is 36.5. The lowest BCUT2D eigenvalue weighted by Gasteiger charge is -2.36. The van der Waals surface area contributed by atoms with Crippen molar-refractivity contribution in [3.63, 3.8) is 0 Å². The van der Waals surface area contributed by atoms with Crippen LogP contribution in [-0.2, 0) is 23.8 Å². The molecule has 0 saturated carbocycles. The summed E-state index contributed by atoms with van der Waals surface area (Å²) in [6, 6.07) is 46.3. The van der Waals surface area contributed by atoms with Crippen molar-refractivity contribution in [3.05, 3.63) is 167 Å². The highest BCUT2D eigenvalue weighted by Gasteiger charge is 2.39. The Hall–Kier alpha value is -5.34. The van der Waals surface area contributed by atoms with Gasteiger partial charge in [-0.05, 0) is 51.8 Å². The van der Waals surface area contributed by atoms with E-state index in [-0.39, 0.29) is 30.2 Å². The maximum atomic E-state index is 13.9. The number of rotatable bonds is 16. The molecule has 1 unspecified atom stereocenters. The van der Waals surface area contributed by atoms with Crippen LogP contribution in [0.3, 0.4) is 0 Å². The Balaban J connectivity index is 1.23. The maximum Gasteiger partial charge on any atom is 0.407 e. The smallest absolute Gasteiger partial charge is 0.407 e. The van der Waals surface area contributed by atoms with Gasteiger partial charge in [0.25, 0.3) is 0 Å². The molecule has 6 rings (SSSR count).